The molecular formula is C15H22N2O4S. The minimum Gasteiger partial charge on any atom is -0.380 e. The van der Waals surface area contributed by atoms with E-state index in [4.69, 9.17) is 4.74 Å². The fourth-order valence-corrected chi connectivity index (χ4v) is 3.50. The highest BCUT2D eigenvalue weighted by Gasteiger charge is 2.26. The Balaban J connectivity index is 2.07. The maximum Gasteiger partial charge on any atom is 0.253 e. The number of nitrogens with one attached hydrogen (secondary N) is 1. The number of benzene rings is 1. The number of carbonyl (C=O) groups excluding carboxylic acids is 1. The summed E-state index contributed by atoms with van der Waals surface area (Å²) in [6.07, 6.45) is 2.68. The second kappa shape index (κ2) is 7.21. The summed E-state index contributed by atoms with van der Waals surface area (Å²) < 4.78 is 30.3. The van der Waals surface area contributed by atoms with Crippen LogP contribution >= 0.6 is 0 Å². The minimum atomic E-state index is -3.26. The van der Waals surface area contributed by atoms with Gasteiger partial charge in [-0.15, -0.1) is 0 Å². The predicted octanol–water partition coefficient (Wildman–Crippen LogP) is 0.987. The maximum absolute atomic E-state index is 12.6. The molecule has 0 spiro atoms. The minimum absolute atomic E-state index is 0.0713. The maximum atomic E-state index is 12.6. The molecule has 1 aromatic carbocycles. The lowest BCUT2D eigenvalue weighted by Crippen LogP contribution is -2.49. The molecule has 1 atom stereocenters. The molecule has 22 heavy (non-hydrogen) atoms. The lowest BCUT2D eigenvalue weighted by atomic mass is 10.0. The third kappa shape index (κ3) is 4.79. The lowest BCUT2D eigenvalue weighted by Gasteiger charge is -2.32. The van der Waals surface area contributed by atoms with E-state index >= 15 is 0 Å². The van der Waals surface area contributed by atoms with Crippen LogP contribution in [-0.4, -0.2) is 51.7 Å². The van der Waals surface area contributed by atoms with Gasteiger partial charge in [0.05, 0.1) is 12.9 Å². The standard InChI is InChI=1S/C15H22N2O4S/c1-21-11-12-5-3-6-13(9-12)15(18)17-8-4-7-14(10-17)16-22(2,19)20/h3,5-6,9,14,16H,4,7-8,10-11H2,1-2H3. The molecule has 1 amide bonds. The Labute approximate surface area is 131 Å². The van der Waals surface area contributed by atoms with Crippen LogP contribution in [0.4, 0.5) is 0 Å². The Morgan fingerprint density at radius 1 is 1.45 bits per heavy atom. The molecule has 0 bridgehead atoms. The SMILES string of the molecule is COCc1cccc(C(=O)N2CCCC(NS(C)(=O)=O)C2)c1. The van der Waals surface area contributed by atoms with Gasteiger partial charge in [-0.25, -0.2) is 13.1 Å². The summed E-state index contributed by atoms with van der Waals surface area (Å²) in [6.45, 7) is 1.51. The third-order valence-electron chi connectivity index (χ3n) is 3.57. The molecule has 2 rings (SSSR count). The first-order chi connectivity index (χ1) is 10.4. The number of amides is 1. The number of nitrogens with zero attached hydrogens (tertiary/aromatic N) is 1. The molecule has 1 aliphatic heterocycles. The number of rotatable bonds is 5. The molecule has 122 valence electrons. The first-order valence-electron chi connectivity index (χ1n) is 7.23. The third-order valence-corrected chi connectivity index (χ3v) is 4.34. The second-order valence-electron chi connectivity index (χ2n) is 5.61. The molecule has 0 saturated carbocycles. The van der Waals surface area contributed by atoms with Crippen molar-refractivity contribution in [2.45, 2.75) is 25.5 Å². The summed E-state index contributed by atoms with van der Waals surface area (Å²) in [5, 5.41) is 0. The topological polar surface area (TPSA) is 75.7 Å². The van der Waals surface area contributed by atoms with Crippen molar-refractivity contribution >= 4 is 15.9 Å². The molecule has 1 saturated heterocycles. The van der Waals surface area contributed by atoms with Crippen LogP contribution in [0.1, 0.15) is 28.8 Å². The number of sulfonamides is 1. The van der Waals surface area contributed by atoms with Crippen LogP contribution < -0.4 is 4.72 Å². The Morgan fingerprint density at radius 2 is 2.23 bits per heavy atom. The average molecular weight is 326 g/mol. The molecular weight excluding hydrogens is 304 g/mol. The Bertz CT molecular complexity index is 630. The highest BCUT2D eigenvalue weighted by Crippen LogP contribution is 2.15. The van der Waals surface area contributed by atoms with E-state index in [1.54, 1.807) is 18.1 Å². The van der Waals surface area contributed by atoms with Crippen LogP contribution in [0, 0.1) is 0 Å². The molecule has 1 heterocycles. The number of hydrogen-bond acceptors (Lipinski definition) is 4. The molecule has 0 aromatic heterocycles. The van der Waals surface area contributed by atoms with Gasteiger partial charge >= 0.3 is 0 Å². The van der Waals surface area contributed by atoms with Gasteiger partial charge in [0.2, 0.25) is 10.0 Å². The first-order valence-corrected chi connectivity index (χ1v) is 9.12. The van der Waals surface area contributed by atoms with E-state index in [-0.39, 0.29) is 11.9 Å². The fourth-order valence-electron chi connectivity index (χ4n) is 2.70. The van der Waals surface area contributed by atoms with Gasteiger partial charge in [0.15, 0.2) is 0 Å². The van der Waals surface area contributed by atoms with Gasteiger partial charge in [-0.2, -0.15) is 0 Å². The number of hydrogen-bond donors (Lipinski definition) is 1. The number of methoxy groups -OCH3 is 1. The van der Waals surface area contributed by atoms with E-state index in [1.165, 1.54) is 0 Å². The van der Waals surface area contributed by atoms with Crippen LogP contribution in [0.15, 0.2) is 24.3 Å². The number of piperidine rings is 1. The normalized spacial score (nSPS) is 19.2. The molecule has 6 nitrogen and oxygen atoms in total. The zero-order valence-electron chi connectivity index (χ0n) is 12.9. The summed E-state index contributed by atoms with van der Waals surface area (Å²) in [6, 6.07) is 7.12. The predicted molar refractivity (Wildman–Crippen MR) is 84.1 cm³/mol. The van der Waals surface area contributed by atoms with Crippen molar-refractivity contribution in [3.8, 4) is 0 Å². The molecule has 1 N–H and O–H groups in total. The Kier molecular flexibility index (Phi) is 5.55. The molecule has 1 aromatic rings. The van der Waals surface area contributed by atoms with Gasteiger partial charge in [-0.1, -0.05) is 12.1 Å². The fraction of sp³-hybridized carbons (Fsp3) is 0.533. The van der Waals surface area contributed by atoms with E-state index in [9.17, 15) is 13.2 Å². The van der Waals surface area contributed by atoms with Crippen molar-refractivity contribution in [1.82, 2.24) is 9.62 Å². The zero-order valence-corrected chi connectivity index (χ0v) is 13.7. The molecule has 1 fully saturated rings. The van der Waals surface area contributed by atoms with Crippen molar-refractivity contribution in [2.24, 2.45) is 0 Å². The van der Waals surface area contributed by atoms with Crippen LogP contribution in [0.3, 0.4) is 0 Å². The van der Waals surface area contributed by atoms with E-state index in [0.717, 1.165) is 24.7 Å². The monoisotopic (exact) mass is 326 g/mol. The van der Waals surface area contributed by atoms with Crippen LogP contribution in [0.25, 0.3) is 0 Å². The molecule has 1 unspecified atom stereocenters. The molecule has 1 aliphatic rings. The van der Waals surface area contributed by atoms with Gasteiger partial charge in [-0.3, -0.25) is 4.79 Å². The molecule has 0 radical (unpaired) electrons. The van der Waals surface area contributed by atoms with Gasteiger partial charge in [0, 0.05) is 31.8 Å². The zero-order chi connectivity index (χ0) is 16.2. The summed E-state index contributed by atoms with van der Waals surface area (Å²) in [4.78, 5) is 14.3. The summed E-state index contributed by atoms with van der Waals surface area (Å²) >= 11 is 0. The molecule has 7 heteroatoms. The van der Waals surface area contributed by atoms with E-state index in [2.05, 4.69) is 4.72 Å². The molecule has 0 aliphatic carbocycles. The van der Waals surface area contributed by atoms with Gasteiger partial charge in [-0.05, 0) is 30.5 Å². The number of ether oxygens (including phenoxy) is 1. The van der Waals surface area contributed by atoms with Crippen molar-refractivity contribution in [3.63, 3.8) is 0 Å². The van der Waals surface area contributed by atoms with E-state index < -0.39 is 10.0 Å². The quantitative estimate of drug-likeness (QED) is 0.875. The van der Waals surface area contributed by atoms with Gasteiger partial charge in [0.1, 0.15) is 0 Å². The number of likely N-dealkylation sites (tertiary alicyclic amines) is 1. The Morgan fingerprint density at radius 3 is 2.91 bits per heavy atom. The highest BCUT2D eigenvalue weighted by molar-refractivity contribution is 7.88. The first kappa shape index (κ1) is 16.9. The van der Waals surface area contributed by atoms with E-state index in [0.29, 0.717) is 25.3 Å². The van der Waals surface area contributed by atoms with Crippen molar-refractivity contribution in [3.05, 3.63) is 35.4 Å². The smallest absolute Gasteiger partial charge is 0.253 e. The van der Waals surface area contributed by atoms with Gasteiger partial charge in [0.25, 0.3) is 5.91 Å². The summed E-state index contributed by atoms with van der Waals surface area (Å²) in [7, 11) is -1.64. The van der Waals surface area contributed by atoms with Crippen LogP contribution in [-0.2, 0) is 21.4 Å². The van der Waals surface area contributed by atoms with Crippen molar-refractivity contribution in [2.75, 3.05) is 26.5 Å². The van der Waals surface area contributed by atoms with E-state index in [1.807, 2.05) is 18.2 Å². The highest BCUT2D eigenvalue weighted by atomic mass is 32.2. The number of carbonyl (C=O) groups is 1. The van der Waals surface area contributed by atoms with Gasteiger partial charge < -0.3 is 9.64 Å². The second-order valence-corrected chi connectivity index (χ2v) is 7.39. The summed E-state index contributed by atoms with van der Waals surface area (Å²) in [5.41, 5.74) is 1.55. The van der Waals surface area contributed by atoms with Crippen LogP contribution in [0.5, 0.6) is 0 Å². The van der Waals surface area contributed by atoms with Crippen molar-refractivity contribution < 1.29 is 17.9 Å². The average Bonchev–Trinajstić information content (AvgIpc) is 2.46. The van der Waals surface area contributed by atoms with Crippen molar-refractivity contribution in [1.29, 1.82) is 0 Å². The summed E-state index contributed by atoms with van der Waals surface area (Å²) in [5.74, 6) is -0.0713. The lowest BCUT2D eigenvalue weighted by molar-refractivity contribution is 0.0703. The largest absolute Gasteiger partial charge is 0.380 e. The Hall–Kier alpha value is -1.44. The van der Waals surface area contributed by atoms with Crippen LogP contribution in [0.2, 0.25) is 0 Å².